The van der Waals surface area contributed by atoms with Gasteiger partial charge >= 0.3 is 0 Å². The van der Waals surface area contributed by atoms with Crippen LogP contribution in [0.1, 0.15) is 54.6 Å². The van der Waals surface area contributed by atoms with Gasteiger partial charge in [0.05, 0.1) is 11.5 Å². The van der Waals surface area contributed by atoms with Gasteiger partial charge in [0, 0.05) is 57.1 Å². The van der Waals surface area contributed by atoms with Gasteiger partial charge in [-0.2, -0.15) is 0 Å². The van der Waals surface area contributed by atoms with E-state index in [1.54, 1.807) is 18.0 Å². The highest BCUT2D eigenvalue weighted by Crippen LogP contribution is 2.29. The molecule has 0 aliphatic carbocycles. The van der Waals surface area contributed by atoms with E-state index in [9.17, 15) is 14.4 Å². The number of hydrogen-bond acceptors (Lipinski definition) is 4. The first kappa shape index (κ1) is 28.9. The zero-order chi connectivity index (χ0) is 28.6. The van der Waals surface area contributed by atoms with E-state index < -0.39 is 0 Å². The number of benzene rings is 3. The van der Waals surface area contributed by atoms with Crippen molar-refractivity contribution in [1.82, 2.24) is 9.80 Å². The molecule has 3 amide bonds. The molecule has 0 aromatic heterocycles. The van der Waals surface area contributed by atoms with Gasteiger partial charge in [0.1, 0.15) is 0 Å². The summed E-state index contributed by atoms with van der Waals surface area (Å²) in [5, 5.41) is 2.93. The molecule has 1 aliphatic rings. The predicted molar refractivity (Wildman–Crippen MR) is 160 cm³/mol. The van der Waals surface area contributed by atoms with Crippen molar-refractivity contribution in [3.05, 3.63) is 95.6 Å². The molecule has 4 rings (SSSR count). The van der Waals surface area contributed by atoms with E-state index in [4.69, 9.17) is 0 Å². The average Bonchev–Trinajstić information content (AvgIpc) is 2.98. The second kappa shape index (κ2) is 13.3. The highest BCUT2D eigenvalue weighted by atomic mass is 16.2. The zero-order valence-corrected chi connectivity index (χ0v) is 24.0. The largest absolute Gasteiger partial charge is 0.367 e. The lowest BCUT2D eigenvalue weighted by Gasteiger charge is -2.38. The van der Waals surface area contributed by atoms with Crippen molar-refractivity contribution in [2.24, 2.45) is 5.92 Å². The summed E-state index contributed by atoms with van der Waals surface area (Å²) in [6, 6.07) is 25.4. The molecule has 0 unspecified atom stereocenters. The molecule has 3 aromatic rings. The van der Waals surface area contributed by atoms with E-state index in [-0.39, 0.29) is 29.6 Å². The fraction of sp³-hybridized carbons (Fsp3) is 0.364. The molecular weight excluding hydrogens is 500 g/mol. The Bertz CT molecular complexity index is 1300. The minimum Gasteiger partial charge on any atom is -0.367 e. The minimum absolute atomic E-state index is 0.0974. The Kier molecular flexibility index (Phi) is 9.59. The zero-order valence-electron chi connectivity index (χ0n) is 24.0. The van der Waals surface area contributed by atoms with Crippen LogP contribution in [0, 0.1) is 5.92 Å². The number of carbonyl (C=O) groups excluding carboxylic acids is 3. The number of carbonyl (C=O) groups is 3. The first-order valence-electron chi connectivity index (χ1n) is 14.1. The number of piperazine rings is 1. The topological polar surface area (TPSA) is 73.0 Å². The molecule has 1 saturated heterocycles. The fourth-order valence-corrected chi connectivity index (χ4v) is 5.11. The fourth-order valence-electron chi connectivity index (χ4n) is 5.11. The maximum Gasteiger partial charge on any atom is 0.256 e. The van der Waals surface area contributed by atoms with Crippen LogP contribution in [-0.4, -0.2) is 60.7 Å². The number of rotatable bonds is 9. The Hall–Kier alpha value is -4.13. The van der Waals surface area contributed by atoms with Crippen LogP contribution in [0.2, 0.25) is 0 Å². The standard InChI is InChI=1S/C33H40N4O3/c1-5-28(26-14-10-7-11-15-26)33(40)37-20-18-36(19-21-37)30-17-16-27(34-31(38)24(2)3)22-29(30)32(39)35(4)23-25-12-8-6-9-13-25/h6-17,22,24,28H,5,18-21,23H2,1-4H3,(H,34,38)/t28-/m0/s1. The van der Waals surface area contributed by atoms with Gasteiger partial charge < -0.3 is 20.0 Å². The van der Waals surface area contributed by atoms with Crippen LogP contribution >= 0.6 is 0 Å². The molecule has 0 saturated carbocycles. The van der Waals surface area contributed by atoms with Gasteiger partial charge in [-0.05, 0) is 35.7 Å². The summed E-state index contributed by atoms with van der Waals surface area (Å²) in [4.78, 5) is 45.4. The average molecular weight is 541 g/mol. The molecule has 7 nitrogen and oxygen atoms in total. The van der Waals surface area contributed by atoms with E-state index in [0.717, 1.165) is 23.2 Å². The van der Waals surface area contributed by atoms with Crippen LogP contribution in [0.25, 0.3) is 0 Å². The maximum atomic E-state index is 13.8. The molecule has 1 aliphatic heterocycles. The van der Waals surface area contributed by atoms with Crippen molar-refractivity contribution in [2.75, 3.05) is 43.4 Å². The summed E-state index contributed by atoms with van der Waals surface area (Å²) in [7, 11) is 1.80. The molecule has 1 atom stereocenters. The monoisotopic (exact) mass is 540 g/mol. The van der Waals surface area contributed by atoms with Gasteiger partial charge in [0.2, 0.25) is 11.8 Å². The normalized spacial score (nSPS) is 14.1. The van der Waals surface area contributed by atoms with Gasteiger partial charge in [0.15, 0.2) is 0 Å². The molecule has 1 fully saturated rings. The Morgan fingerprint density at radius 2 is 1.50 bits per heavy atom. The van der Waals surface area contributed by atoms with Crippen molar-refractivity contribution < 1.29 is 14.4 Å². The van der Waals surface area contributed by atoms with E-state index >= 15 is 0 Å². The minimum atomic E-state index is -0.173. The first-order valence-corrected chi connectivity index (χ1v) is 14.1. The smallest absolute Gasteiger partial charge is 0.256 e. The number of hydrogen-bond donors (Lipinski definition) is 1. The Labute approximate surface area is 237 Å². The van der Waals surface area contributed by atoms with Crippen molar-refractivity contribution >= 4 is 29.1 Å². The van der Waals surface area contributed by atoms with Crippen LogP contribution in [0.3, 0.4) is 0 Å². The van der Waals surface area contributed by atoms with E-state index in [1.165, 1.54) is 0 Å². The molecular formula is C33H40N4O3. The Morgan fingerprint density at radius 1 is 0.875 bits per heavy atom. The van der Waals surface area contributed by atoms with Crippen LogP contribution in [0.5, 0.6) is 0 Å². The highest BCUT2D eigenvalue weighted by molar-refractivity contribution is 6.02. The second-order valence-corrected chi connectivity index (χ2v) is 10.7. The third-order valence-corrected chi connectivity index (χ3v) is 7.47. The maximum absolute atomic E-state index is 13.8. The number of nitrogens with one attached hydrogen (secondary N) is 1. The van der Waals surface area contributed by atoms with Gasteiger partial charge in [-0.3, -0.25) is 14.4 Å². The molecule has 0 radical (unpaired) electrons. The Morgan fingerprint density at radius 3 is 2.10 bits per heavy atom. The summed E-state index contributed by atoms with van der Waals surface area (Å²) in [6.45, 7) is 8.62. The van der Waals surface area contributed by atoms with Crippen LogP contribution in [-0.2, 0) is 16.1 Å². The summed E-state index contributed by atoms with van der Waals surface area (Å²) in [5.74, 6) is -0.389. The lowest BCUT2D eigenvalue weighted by Crippen LogP contribution is -2.50. The lowest BCUT2D eigenvalue weighted by atomic mass is 9.94. The molecule has 3 aromatic carbocycles. The molecule has 0 spiro atoms. The van der Waals surface area contributed by atoms with Crippen molar-refractivity contribution in [3.63, 3.8) is 0 Å². The second-order valence-electron chi connectivity index (χ2n) is 10.7. The van der Waals surface area contributed by atoms with Crippen LogP contribution < -0.4 is 10.2 Å². The third-order valence-electron chi connectivity index (χ3n) is 7.47. The van der Waals surface area contributed by atoms with Gasteiger partial charge in [0.25, 0.3) is 5.91 Å². The summed E-state index contributed by atoms with van der Waals surface area (Å²) >= 11 is 0. The van der Waals surface area contributed by atoms with Gasteiger partial charge in [-0.25, -0.2) is 0 Å². The number of anilines is 2. The van der Waals surface area contributed by atoms with E-state index in [2.05, 4.69) is 17.1 Å². The third kappa shape index (κ3) is 6.89. The van der Waals surface area contributed by atoms with Crippen LogP contribution in [0.15, 0.2) is 78.9 Å². The first-order chi connectivity index (χ1) is 19.3. The van der Waals surface area contributed by atoms with Gasteiger partial charge in [-0.1, -0.05) is 81.4 Å². The molecule has 1 N–H and O–H groups in total. The highest BCUT2D eigenvalue weighted by Gasteiger charge is 2.29. The number of nitrogens with zero attached hydrogens (tertiary/aromatic N) is 3. The molecule has 7 heteroatoms. The molecule has 40 heavy (non-hydrogen) atoms. The SMILES string of the molecule is CC[C@H](C(=O)N1CCN(c2ccc(NC(=O)C(C)C)cc2C(=O)N(C)Cc2ccccc2)CC1)c1ccccc1. The lowest BCUT2D eigenvalue weighted by molar-refractivity contribution is -0.133. The van der Waals surface area contributed by atoms with E-state index in [1.807, 2.05) is 91.5 Å². The summed E-state index contributed by atoms with van der Waals surface area (Å²) in [5.41, 5.74) is 4.04. The molecule has 1 heterocycles. The molecule has 210 valence electrons. The predicted octanol–water partition coefficient (Wildman–Crippen LogP) is 5.40. The van der Waals surface area contributed by atoms with Crippen molar-refractivity contribution in [1.29, 1.82) is 0 Å². The van der Waals surface area contributed by atoms with Crippen molar-refractivity contribution in [3.8, 4) is 0 Å². The number of amides is 3. The summed E-state index contributed by atoms with van der Waals surface area (Å²) in [6.07, 6.45) is 0.749. The Balaban J connectivity index is 1.53. The van der Waals surface area contributed by atoms with E-state index in [0.29, 0.717) is 44.0 Å². The summed E-state index contributed by atoms with van der Waals surface area (Å²) < 4.78 is 0. The quantitative estimate of drug-likeness (QED) is 0.395. The molecule has 0 bridgehead atoms. The van der Waals surface area contributed by atoms with Crippen molar-refractivity contribution in [2.45, 2.75) is 39.7 Å². The van der Waals surface area contributed by atoms with Gasteiger partial charge in [-0.15, -0.1) is 0 Å². The van der Waals surface area contributed by atoms with Crippen LogP contribution in [0.4, 0.5) is 11.4 Å².